The SMILES string of the molecule is CCOC(=O)c1cc(-c2ccccc2)sc1NC(=O)CSc1ncnc2scc(-c3ccc(OC)cc3)c12. The Bertz CT molecular complexity index is 1580. The summed E-state index contributed by atoms with van der Waals surface area (Å²) < 4.78 is 10.5. The summed E-state index contributed by atoms with van der Waals surface area (Å²) in [6.07, 6.45) is 1.52. The molecule has 3 aromatic heterocycles. The molecule has 192 valence electrons. The molecule has 0 spiro atoms. The highest BCUT2D eigenvalue weighted by Gasteiger charge is 2.21. The number of amides is 1. The first-order valence-electron chi connectivity index (χ1n) is 11.7. The zero-order valence-electron chi connectivity index (χ0n) is 20.6. The van der Waals surface area contributed by atoms with Crippen LogP contribution in [0.25, 0.3) is 31.8 Å². The van der Waals surface area contributed by atoms with Crippen LogP contribution in [0.15, 0.2) is 77.4 Å². The van der Waals surface area contributed by atoms with Crippen molar-refractivity contribution in [1.29, 1.82) is 0 Å². The Hall–Kier alpha value is -3.73. The summed E-state index contributed by atoms with van der Waals surface area (Å²) in [4.78, 5) is 36.2. The second-order valence-electron chi connectivity index (χ2n) is 8.01. The van der Waals surface area contributed by atoms with Crippen LogP contribution in [0.3, 0.4) is 0 Å². The molecule has 0 aliphatic rings. The number of benzene rings is 2. The average molecular weight is 562 g/mol. The summed E-state index contributed by atoms with van der Waals surface area (Å²) in [6.45, 7) is 2.00. The second-order valence-corrected chi connectivity index (χ2v) is 10.9. The number of fused-ring (bicyclic) bond motifs is 1. The molecule has 0 aliphatic heterocycles. The third-order valence-electron chi connectivity index (χ3n) is 5.62. The van der Waals surface area contributed by atoms with Gasteiger partial charge in [0.15, 0.2) is 0 Å². The molecule has 5 aromatic rings. The van der Waals surface area contributed by atoms with Crippen LogP contribution in [0.5, 0.6) is 5.75 Å². The van der Waals surface area contributed by atoms with E-state index in [4.69, 9.17) is 9.47 Å². The zero-order valence-corrected chi connectivity index (χ0v) is 23.0. The highest BCUT2D eigenvalue weighted by Crippen LogP contribution is 2.39. The monoisotopic (exact) mass is 561 g/mol. The molecular formula is C28H23N3O4S3. The van der Waals surface area contributed by atoms with Gasteiger partial charge >= 0.3 is 5.97 Å². The number of nitrogens with one attached hydrogen (secondary N) is 1. The van der Waals surface area contributed by atoms with Crippen molar-refractivity contribution in [1.82, 2.24) is 9.97 Å². The van der Waals surface area contributed by atoms with Gasteiger partial charge in [0, 0.05) is 15.8 Å². The van der Waals surface area contributed by atoms with Crippen LogP contribution in [0.1, 0.15) is 17.3 Å². The number of hydrogen-bond acceptors (Lipinski definition) is 9. The van der Waals surface area contributed by atoms with Crippen molar-refractivity contribution in [3.8, 4) is 27.3 Å². The number of carbonyl (C=O) groups is 2. The van der Waals surface area contributed by atoms with Crippen molar-refractivity contribution in [3.05, 3.63) is 77.9 Å². The van der Waals surface area contributed by atoms with E-state index < -0.39 is 5.97 Å². The van der Waals surface area contributed by atoms with Crippen molar-refractivity contribution in [3.63, 3.8) is 0 Å². The molecule has 0 saturated heterocycles. The Morgan fingerprint density at radius 1 is 1.03 bits per heavy atom. The van der Waals surface area contributed by atoms with Gasteiger partial charge < -0.3 is 14.8 Å². The minimum absolute atomic E-state index is 0.116. The maximum Gasteiger partial charge on any atom is 0.341 e. The Kier molecular flexibility index (Phi) is 8.02. The van der Waals surface area contributed by atoms with Crippen molar-refractivity contribution in [2.45, 2.75) is 11.9 Å². The number of thioether (sulfide) groups is 1. The van der Waals surface area contributed by atoms with Crippen LogP contribution in [-0.4, -0.2) is 41.3 Å². The van der Waals surface area contributed by atoms with E-state index in [2.05, 4.69) is 15.3 Å². The molecule has 0 saturated carbocycles. The van der Waals surface area contributed by atoms with Gasteiger partial charge in [-0.1, -0.05) is 54.2 Å². The van der Waals surface area contributed by atoms with Crippen molar-refractivity contribution in [2.75, 3.05) is 24.8 Å². The van der Waals surface area contributed by atoms with Gasteiger partial charge in [0.2, 0.25) is 5.91 Å². The van der Waals surface area contributed by atoms with E-state index in [0.717, 1.165) is 42.6 Å². The van der Waals surface area contributed by atoms with Crippen LogP contribution in [0, 0.1) is 0 Å². The Labute approximate surface area is 231 Å². The molecule has 3 heterocycles. The molecule has 5 rings (SSSR count). The summed E-state index contributed by atoms with van der Waals surface area (Å²) in [7, 11) is 1.64. The number of anilines is 1. The molecule has 38 heavy (non-hydrogen) atoms. The smallest absolute Gasteiger partial charge is 0.341 e. The molecule has 0 radical (unpaired) electrons. The molecule has 0 bridgehead atoms. The van der Waals surface area contributed by atoms with E-state index in [0.29, 0.717) is 10.6 Å². The zero-order chi connectivity index (χ0) is 26.5. The van der Waals surface area contributed by atoms with Gasteiger partial charge in [-0.3, -0.25) is 4.79 Å². The van der Waals surface area contributed by atoms with E-state index in [9.17, 15) is 9.59 Å². The summed E-state index contributed by atoms with van der Waals surface area (Å²) >= 11 is 4.21. The Morgan fingerprint density at radius 2 is 1.82 bits per heavy atom. The van der Waals surface area contributed by atoms with Crippen LogP contribution in [-0.2, 0) is 9.53 Å². The molecule has 0 fully saturated rings. The number of methoxy groups -OCH3 is 1. The fourth-order valence-electron chi connectivity index (χ4n) is 3.83. The normalized spacial score (nSPS) is 10.9. The highest BCUT2D eigenvalue weighted by molar-refractivity contribution is 8.00. The lowest BCUT2D eigenvalue weighted by Gasteiger charge is -2.08. The highest BCUT2D eigenvalue weighted by atomic mass is 32.2. The summed E-state index contributed by atoms with van der Waals surface area (Å²) in [5.74, 6) is 0.191. The van der Waals surface area contributed by atoms with Gasteiger partial charge in [0.25, 0.3) is 0 Å². The van der Waals surface area contributed by atoms with E-state index in [1.807, 2.05) is 60.0 Å². The Morgan fingerprint density at radius 3 is 2.55 bits per heavy atom. The van der Waals surface area contributed by atoms with Crippen LogP contribution < -0.4 is 10.1 Å². The second kappa shape index (κ2) is 11.8. The predicted molar refractivity (Wildman–Crippen MR) is 154 cm³/mol. The van der Waals surface area contributed by atoms with Gasteiger partial charge in [-0.2, -0.15) is 0 Å². The predicted octanol–water partition coefficient (Wildman–Crippen LogP) is 7.00. The molecule has 1 N–H and O–H groups in total. The standard InChI is InChI=1S/C28H23N3O4S3/c1-3-35-28(33)20-13-22(18-7-5-4-6-8-18)38-25(20)31-23(32)15-37-27-24-21(14-36-26(24)29-16-30-27)17-9-11-19(34-2)12-10-17/h4-14,16H,3,15H2,1-2H3,(H,31,32). The van der Waals surface area contributed by atoms with E-state index in [1.54, 1.807) is 20.1 Å². The first kappa shape index (κ1) is 25.9. The van der Waals surface area contributed by atoms with Crippen LogP contribution in [0.4, 0.5) is 5.00 Å². The van der Waals surface area contributed by atoms with E-state index in [1.165, 1.54) is 40.8 Å². The van der Waals surface area contributed by atoms with E-state index in [-0.39, 0.29) is 18.3 Å². The molecule has 10 heteroatoms. The van der Waals surface area contributed by atoms with Crippen molar-refractivity contribution in [2.24, 2.45) is 0 Å². The van der Waals surface area contributed by atoms with Gasteiger partial charge in [0.05, 0.1) is 30.4 Å². The number of hydrogen-bond donors (Lipinski definition) is 1. The van der Waals surface area contributed by atoms with Crippen LogP contribution in [0.2, 0.25) is 0 Å². The number of rotatable bonds is 9. The molecule has 2 aromatic carbocycles. The first-order valence-corrected chi connectivity index (χ1v) is 14.4. The average Bonchev–Trinajstić information content (AvgIpc) is 3.58. The van der Waals surface area contributed by atoms with Gasteiger partial charge in [-0.25, -0.2) is 14.8 Å². The number of esters is 1. The summed E-state index contributed by atoms with van der Waals surface area (Å²) in [5.41, 5.74) is 3.33. The molecule has 0 unspecified atom stereocenters. The molecular weight excluding hydrogens is 539 g/mol. The largest absolute Gasteiger partial charge is 0.497 e. The lowest BCUT2D eigenvalue weighted by molar-refractivity contribution is -0.113. The summed E-state index contributed by atoms with van der Waals surface area (Å²) in [5, 5.41) is 7.06. The quantitative estimate of drug-likeness (QED) is 0.118. The van der Waals surface area contributed by atoms with Gasteiger partial charge in [-0.05, 0) is 36.2 Å². The van der Waals surface area contributed by atoms with Gasteiger partial charge in [-0.15, -0.1) is 22.7 Å². The fraction of sp³-hybridized carbons (Fsp3) is 0.143. The maximum atomic E-state index is 13.0. The molecule has 0 aliphatic carbocycles. The van der Waals surface area contributed by atoms with Crippen molar-refractivity contribution < 1.29 is 19.1 Å². The lowest BCUT2D eigenvalue weighted by atomic mass is 10.1. The first-order chi connectivity index (χ1) is 18.6. The Balaban J connectivity index is 1.36. The van der Waals surface area contributed by atoms with Crippen LogP contribution >= 0.6 is 34.4 Å². The number of nitrogens with zero attached hydrogens (tertiary/aromatic N) is 2. The minimum atomic E-state index is -0.464. The third kappa shape index (κ3) is 5.57. The third-order valence-corrected chi connectivity index (χ3v) is 8.59. The number of carbonyl (C=O) groups excluding carboxylic acids is 2. The van der Waals surface area contributed by atoms with Crippen molar-refractivity contribution >= 4 is 61.5 Å². The number of ether oxygens (including phenoxy) is 2. The summed E-state index contributed by atoms with van der Waals surface area (Å²) in [6, 6.07) is 19.3. The molecule has 7 nitrogen and oxygen atoms in total. The number of thiophene rings is 2. The number of aromatic nitrogens is 2. The minimum Gasteiger partial charge on any atom is -0.497 e. The topological polar surface area (TPSA) is 90.4 Å². The fourth-order valence-corrected chi connectivity index (χ4v) is 6.69. The van der Waals surface area contributed by atoms with E-state index >= 15 is 0 Å². The lowest BCUT2D eigenvalue weighted by Crippen LogP contribution is -2.16. The molecule has 1 amide bonds. The molecule has 0 atom stereocenters. The van der Waals surface area contributed by atoms with Gasteiger partial charge in [0.1, 0.15) is 26.9 Å². The maximum absolute atomic E-state index is 13.0.